The van der Waals surface area contributed by atoms with Crippen LogP contribution in [0.4, 0.5) is 5.69 Å². The fourth-order valence-corrected chi connectivity index (χ4v) is 2.67. The highest BCUT2D eigenvalue weighted by molar-refractivity contribution is 6.57. The van der Waals surface area contributed by atoms with Crippen LogP contribution in [0.1, 0.15) is 15.9 Å². The molecule has 3 aromatic rings. The van der Waals surface area contributed by atoms with E-state index in [1.807, 2.05) is 0 Å². The SMILES string of the molecule is O=C1C(c2c(O)ccc3nocc23)=Nc2c(Cl)cccc21. The van der Waals surface area contributed by atoms with Gasteiger partial charge in [-0.05, 0) is 24.3 Å². The van der Waals surface area contributed by atoms with Gasteiger partial charge in [-0.1, -0.05) is 22.8 Å². The molecule has 21 heavy (non-hydrogen) atoms. The Bertz CT molecular complexity index is 943. The smallest absolute Gasteiger partial charge is 0.214 e. The van der Waals surface area contributed by atoms with Gasteiger partial charge in [-0.3, -0.25) is 4.79 Å². The van der Waals surface area contributed by atoms with Gasteiger partial charge in [0, 0.05) is 0 Å². The molecule has 0 saturated carbocycles. The molecule has 0 fully saturated rings. The van der Waals surface area contributed by atoms with Gasteiger partial charge >= 0.3 is 0 Å². The van der Waals surface area contributed by atoms with Crippen LogP contribution in [-0.4, -0.2) is 21.8 Å². The second-order valence-corrected chi connectivity index (χ2v) is 5.04. The van der Waals surface area contributed by atoms with Crippen LogP contribution in [0.15, 0.2) is 46.1 Å². The topological polar surface area (TPSA) is 75.7 Å². The maximum Gasteiger partial charge on any atom is 0.214 e. The number of carbonyl (C=O) groups is 1. The van der Waals surface area contributed by atoms with Gasteiger partial charge in [-0.15, -0.1) is 0 Å². The van der Waals surface area contributed by atoms with Gasteiger partial charge < -0.3 is 9.63 Å². The maximum atomic E-state index is 12.5. The van der Waals surface area contributed by atoms with Crippen molar-refractivity contribution >= 4 is 39.7 Å². The highest BCUT2D eigenvalue weighted by atomic mass is 35.5. The van der Waals surface area contributed by atoms with Gasteiger partial charge in [0.1, 0.15) is 23.2 Å². The van der Waals surface area contributed by atoms with E-state index in [0.717, 1.165) is 0 Å². The molecule has 0 unspecified atom stereocenters. The number of benzene rings is 2. The summed E-state index contributed by atoms with van der Waals surface area (Å²) >= 11 is 6.07. The number of phenolic OH excluding ortho intramolecular Hbond substituents is 1. The molecule has 0 spiro atoms. The second kappa shape index (κ2) is 4.17. The lowest BCUT2D eigenvalue weighted by molar-refractivity contribution is 0.107. The van der Waals surface area contributed by atoms with E-state index in [-0.39, 0.29) is 17.2 Å². The number of aliphatic imine (C=N–C) groups is 1. The Labute approximate surface area is 123 Å². The molecule has 6 heteroatoms. The number of carbonyl (C=O) groups excluding carboxylic acids is 1. The van der Waals surface area contributed by atoms with Crippen molar-refractivity contribution in [2.24, 2.45) is 4.99 Å². The lowest BCUT2D eigenvalue weighted by Gasteiger charge is -2.03. The number of fused-ring (bicyclic) bond motifs is 2. The van der Waals surface area contributed by atoms with Gasteiger partial charge in [0.05, 0.1) is 27.2 Å². The van der Waals surface area contributed by atoms with E-state index in [1.54, 1.807) is 24.3 Å². The minimum atomic E-state index is -0.281. The Morgan fingerprint density at radius 2 is 2.05 bits per heavy atom. The number of ketones is 1. The number of hydrogen-bond donors (Lipinski definition) is 1. The number of hydrogen-bond acceptors (Lipinski definition) is 5. The third-order valence-corrected chi connectivity index (χ3v) is 3.73. The Balaban J connectivity index is 2.02. The first-order chi connectivity index (χ1) is 10.2. The van der Waals surface area contributed by atoms with Crippen LogP contribution < -0.4 is 0 Å². The highest BCUT2D eigenvalue weighted by Gasteiger charge is 2.30. The molecule has 0 radical (unpaired) electrons. The number of para-hydroxylation sites is 1. The summed E-state index contributed by atoms with van der Waals surface area (Å²) in [5.41, 5.74) is 1.84. The quantitative estimate of drug-likeness (QED) is 0.746. The zero-order valence-corrected chi connectivity index (χ0v) is 11.3. The molecule has 1 aliphatic rings. The molecule has 2 heterocycles. The minimum absolute atomic E-state index is 0.0540. The van der Waals surface area contributed by atoms with Crippen molar-refractivity contribution in [3.8, 4) is 5.75 Å². The van der Waals surface area contributed by atoms with Crippen molar-refractivity contribution in [3.05, 3.63) is 52.7 Å². The van der Waals surface area contributed by atoms with Crippen LogP contribution >= 0.6 is 11.6 Å². The van der Waals surface area contributed by atoms with Crippen LogP contribution in [0.3, 0.4) is 0 Å². The summed E-state index contributed by atoms with van der Waals surface area (Å²) < 4.78 is 4.90. The molecular weight excluding hydrogens is 292 g/mol. The Morgan fingerprint density at radius 3 is 2.86 bits per heavy atom. The molecule has 0 saturated heterocycles. The second-order valence-electron chi connectivity index (χ2n) is 4.63. The summed E-state index contributed by atoms with van der Waals surface area (Å²) in [6.45, 7) is 0. The summed E-state index contributed by atoms with van der Waals surface area (Å²) in [7, 11) is 0. The van der Waals surface area contributed by atoms with Gasteiger partial charge in [-0.25, -0.2) is 4.99 Å². The standard InChI is InChI=1S/C15H7ClN2O3/c16-9-3-1-2-7-13(9)17-14(15(7)20)12-8-6-21-18-10(8)4-5-11(12)19/h1-6,19H. The number of phenols is 1. The summed E-state index contributed by atoms with van der Waals surface area (Å²) in [6, 6.07) is 8.08. The van der Waals surface area contributed by atoms with E-state index in [4.69, 9.17) is 16.1 Å². The predicted octanol–water partition coefficient (Wildman–Crippen LogP) is 3.50. The minimum Gasteiger partial charge on any atom is -0.507 e. The molecule has 0 amide bonds. The molecule has 0 atom stereocenters. The van der Waals surface area contributed by atoms with E-state index >= 15 is 0 Å². The first-order valence-corrected chi connectivity index (χ1v) is 6.53. The van der Waals surface area contributed by atoms with Gasteiger partial charge in [0.15, 0.2) is 0 Å². The number of nitrogens with zero attached hydrogens (tertiary/aromatic N) is 2. The molecule has 0 aliphatic carbocycles. The zero-order chi connectivity index (χ0) is 14.6. The van der Waals surface area contributed by atoms with E-state index in [0.29, 0.717) is 32.7 Å². The van der Waals surface area contributed by atoms with Gasteiger partial charge in [-0.2, -0.15) is 0 Å². The summed E-state index contributed by atoms with van der Waals surface area (Å²) in [6.07, 6.45) is 1.38. The number of aromatic hydroxyl groups is 1. The van der Waals surface area contributed by atoms with E-state index in [2.05, 4.69) is 10.1 Å². The average molecular weight is 299 g/mol. The molecule has 1 N–H and O–H groups in total. The lowest BCUT2D eigenvalue weighted by Crippen LogP contribution is -2.11. The Kier molecular flexibility index (Phi) is 2.40. The van der Waals surface area contributed by atoms with Gasteiger partial charge in [0.25, 0.3) is 0 Å². The van der Waals surface area contributed by atoms with Gasteiger partial charge in [0.2, 0.25) is 5.78 Å². The fraction of sp³-hybridized carbons (Fsp3) is 0. The zero-order valence-electron chi connectivity index (χ0n) is 10.5. The van der Waals surface area contributed by atoms with Crippen LogP contribution in [0.2, 0.25) is 5.02 Å². The van der Waals surface area contributed by atoms with Crippen molar-refractivity contribution in [1.29, 1.82) is 0 Å². The number of Topliss-reactive ketones (excluding diaryl/α,β-unsaturated/α-hetero) is 1. The van der Waals surface area contributed by atoms with Crippen LogP contribution in [0.25, 0.3) is 10.9 Å². The Morgan fingerprint density at radius 1 is 1.19 bits per heavy atom. The fourth-order valence-electron chi connectivity index (χ4n) is 2.45. The molecule has 102 valence electrons. The monoisotopic (exact) mass is 298 g/mol. The first-order valence-electron chi connectivity index (χ1n) is 6.15. The maximum absolute atomic E-state index is 12.5. The van der Waals surface area contributed by atoms with Crippen molar-refractivity contribution < 1.29 is 14.4 Å². The first kappa shape index (κ1) is 12.1. The number of halogens is 1. The van der Waals surface area contributed by atoms with E-state index < -0.39 is 0 Å². The number of rotatable bonds is 1. The third-order valence-electron chi connectivity index (χ3n) is 3.43. The largest absolute Gasteiger partial charge is 0.507 e. The molecular formula is C15H7ClN2O3. The number of aromatic nitrogens is 1. The third kappa shape index (κ3) is 1.61. The molecule has 1 aliphatic heterocycles. The summed E-state index contributed by atoms with van der Waals surface area (Å²) in [5.74, 6) is -0.335. The van der Waals surface area contributed by atoms with Crippen LogP contribution in [-0.2, 0) is 0 Å². The van der Waals surface area contributed by atoms with Crippen molar-refractivity contribution in [2.75, 3.05) is 0 Å². The van der Waals surface area contributed by atoms with Crippen LogP contribution in [0.5, 0.6) is 5.75 Å². The van der Waals surface area contributed by atoms with E-state index in [1.165, 1.54) is 12.3 Å². The normalized spacial score (nSPS) is 13.6. The highest BCUT2D eigenvalue weighted by Crippen LogP contribution is 2.38. The average Bonchev–Trinajstić information content (AvgIpc) is 3.06. The van der Waals surface area contributed by atoms with Crippen molar-refractivity contribution in [3.63, 3.8) is 0 Å². The molecule has 0 bridgehead atoms. The van der Waals surface area contributed by atoms with Crippen LogP contribution in [0, 0.1) is 0 Å². The Hall–Kier alpha value is -2.66. The van der Waals surface area contributed by atoms with Crippen molar-refractivity contribution in [1.82, 2.24) is 5.16 Å². The predicted molar refractivity (Wildman–Crippen MR) is 77.7 cm³/mol. The molecule has 5 nitrogen and oxygen atoms in total. The molecule has 1 aromatic heterocycles. The molecule has 4 rings (SSSR count). The molecule has 2 aromatic carbocycles. The van der Waals surface area contributed by atoms with E-state index in [9.17, 15) is 9.90 Å². The summed E-state index contributed by atoms with van der Waals surface area (Å²) in [5, 5.41) is 14.9. The van der Waals surface area contributed by atoms with Crippen molar-refractivity contribution in [2.45, 2.75) is 0 Å². The lowest BCUT2D eigenvalue weighted by atomic mass is 9.99. The summed E-state index contributed by atoms with van der Waals surface area (Å²) in [4.78, 5) is 16.8.